The molecule has 0 atom stereocenters. The van der Waals surface area contributed by atoms with Gasteiger partial charge in [0.15, 0.2) is 0 Å². The first kappa shape index (κ1) is 21.9. The molecule has 0 aromatic heterocycles. The van der Waals surface area contributed by atoms with E-state index >= 15 is 0 Å². The summed E-state index contributed by atoms with van der Waals surface area (Å²) in [5.74, 6) is 0. The van der Waals surface area contributed by atoms with Gasteiger partial charge in [0.25, 0.3) is 0 Å². The van der Waals surface area contributed by atoms with Crippen LogP contribution in [0.15, 0.2) is 0 Å². The summed E-state index contributed by atoms with van der Waals surface area (Å²) in [7, 11) is 3.90. The average Bonchev–Trinajstić information content (AvgIpc) is 2.50. The lowest BCUT2D eigenvalue weighted by atomic mass is 10.0. The van der Waals surface area contributed by atoms with Crippen LogP contribution in [0.4, 0.5) is 0 Å². The highest BCUT2D eigenvalue weighted by Crippen LogP contribution is 2.13. The molecule has 0 bridgehead atoms. The molecule has 0 radical (unpaired) electrons. The van der Waals surface area contributed by atoms with E-state index in [1.165, 1.54) is 103 Å². The molecule has 0 aromatic carbocycles. The largest absolute Gasteiger partial charge is 0.300 e. The van der Waals surface area contributed by atoms with Crippen LogP contribution < -0.4 is 0 Å². The van der Waals surface area contributed by atoms with Crippen molar-refractivity contribution in [1.29, 1.82) is 0 Å². The van der Waals surface area contributed by atoms with Crippen LogP contribution in [0.5, 0.6) is 0 Å². The summed E-state index contributed by atoms with van der Waals surface area (Å²) in [5, 5.41) is 1.80. The summed E-state index contributed by atoms with van der Waals surface area (Å²) in [5.41, 5.74) is 0. The van der Waals surface area contributed by atoms with Gasteiger partial charge in [-0.15, -0.1) is 0 Å². The van der Waals surface area contributed by atoms with Crippen molar-refractivity contribution in [2.45, 2.75) is 110 Å². The van der Waals surface area contributed by atoms with Crippen LogP contribution in [0.1, 0.15) is 110 Å². The van der Waals surface area contributed by atoms with Crippen LogP contribution in [0, 0.1) is 0 Å². The van der Waals surface area contributed by atoms with Gasteiger partial charge in [-0.2, -0.15) is 5.06 Å². The lowest BCUT2D eigenvalue weighted by Crippen LogP contribution is -2.13. The maximum atomic E-state index is 5.39. The van der Waals surface area contributed by atoms with Crippen LogP contribution in [0.2, 0.25) is 0 Å². The first-order chi connectivity index (χ1) is 10.8. The van der Waals surface area contributed by atoms with Crippen molar-refractivity contribution in [3.05, 3.63) is 0 Å². The monoisotopic (exact) mass is 313 g/mol. The average molecular weight is 314 g/mol. The number of unbranched alkanes of at least 4 members (excludes halogenated alkanes) is 15. The summed E-state index contributed by atoms with van der Waals surface area (Å²) >= 11 is 0. The molecule has 0 saturated carbocycles. The molecule has 0 aromatic rings. The Morgan fingerprint density at radius 3 is 1.14 bits per heavy atom. The number of hydrogen-bond donors (Lipinski definition) is 0. The number of nitrogens with zero attached hydrogens (tertiary/aromatic N) is 1. The highest BCUT2D eigenvalue weighted by atomic mass is 16.7. The Bertz CT molecular complexity index is 194. The van der Waals surface area contributed by atoms with Crippen molar-refractivity contribution in [2.24, 2.45) is 0 Å². The summed E-state index contributed by atoms with van der Waals surface area (Å²) in [6, 6.07) is 0. The quantitative estimate of drug-likeness (QED) is 0.205. The van der Waals surface area contributed by atoms with Crippen molar-refractivity contribution in [2.75, 3.05) is 20.7 Å². The van der Waals surface area contributed by atoms with E-state index in [1.54, 1.807) is 5.06 Å². The van der Waals surface area contributed by atoms with Gasteiger partial charge in [-0.3, -0.25) is 4.84 Å². The molecule has 0 N–H and O–H groups in total. The van der Waals surface area contributed by atoms with E-state index < -0.39 is 0 Å². The molecule has 0 aliphatic rings. The van der Waals surface area contributed by atoms with Gasteiger partial charge in [-0.1, -0.05) is 103 Å². The third-order valence-corrected chi connectivity index (χ3v) is 4.35. The van der Waals surface area contributed by atoms with Crippen LogP contribution in [0.3, 0.4) is 0 Å². The van der Waals surface area contributed by atoms with Crippen molar-refractivity contribution in [3.63, 3.8) is 0 Å². The van der Waals surface area contributed by atoms with Gasteiger partial charge >= 0.3 is 0 Å². The Kier molecular flexibility index (Phi) is 18.9. The molecular weight excluding hydrogens is 270 g/mol. The lowest BCUT2D eigenvalue weighted by molar-refractivity contribution is -0.120. The molecule has 2 nitrogen and oxygen atoms in total. The maximum Gasteiger partial charge on any atom is 0.0684 e. The lowest BCUT2D eigenvalue weighted by Gasteiger charge is -2.09. The second kappa shape index (κ2) is 19.0. The molecule has 0 fully saturated rings. The number of hydroxylamine groups is 2. The van der Waals surface area contributed by atoms with Gasteiger partial charge in [0.1, 0.15) is 0 Å². The van der Waals surface area contributed by atoms with Crippen molar-refractivity contribution < 1.29 is 4.84 Å². The smallest absolute Gasteiger partial charge is 0.0684 e. The molecule has 0 spiro atoms. The molecule has 0 unspecified atom stereocenters. The van der Waals surface area contributed by atoms with Crippen LogP contribution in [0.25, 0.3) is 0 Å². The zero-order chi connectivity index (χ0) is 16.3. The zero-order valence-electron chi connectivity index (χ0n) is 15.9. The third-order valence-electron chi connectivity index (χ3n) is 4.35. The highest BCUT2D eigenvalue weighted by Gasteiger charge is 1.95. The molecular formula is C20H43NO. The van der Waals surface area contributed by atoms with E-state index in [0.29, 0.717) is 0 Å². The number of rotatable bonds is 18. The Morgan fingerprint density at radius 2 is 0.818 bits per heavy atom. The topological polar surface area (TPSA) is 12.5 Å². The standard InChI is InChI=1S/C20H43NO/c1-4-5-6-7-8-9-10-11-12-13-14-15-16-17-18-19-20-22-21(2)3/h4-20H2,1-3H3. The molecule has 2 heteroatoms. The Hall–Kier alpha value is -0.0800. The fourth-order valence-electron chi connectivity index (χ4n) is 2.90. The van der Waals surface area contributed by atoms with Gasteiger partial charge in [0.05, 0.1) is 6.61 Å². The summed E-state index contributed by atoms with van der Waals surface area (Å²) < 4.78 is 0. The van der Waals surface area contributed by atoms with Crippen molar-refractivity contribution in [1.82, 2.24) is 5.06 Å². The first-order valence-corrected chi connectivity index (χ1v) is 10.1. The van der Waals surface area contributed by atoms with Crippen molar-refractivity contribution in [3.8, 4) is 0 Å². The first-order valence-electron chi connectivity index (χ1n) is 10.1. The predicted molar refractivity (Wildman–Crippen MR) is 99.2 cm³/mol. The fourth-order valence-corrected chi connectivity index (χ4v) is 2.90. The van der Waals surface area contributed by atoms with E-state index in [0.717, 1.165) is 6.61 Å². The molecule has 0 amide bonds. The summed E-state index contributed by atoms with van der Waals surface area (Å²) in [6.07, 6.45) is 22.7. The summed E-state index contributed by atoms with van der Waals surface area (Å²) in [6.45, 7) is 3.17. The molecule has 0 saturated heterocycles. The molecule has 22 heavy (non-hydrogen) atoms. The Balaban J connectivity index is 2.94. The van der Waals surface area contributed by atoms with Gasteiger partial charge in [-0.05, 0) is 6.42 Å². The molecule has 0 aliphatic carbocycles. The minimum absolute atomic E-state index is 0.880. The van der Waals surface area contributed by atoms with Crippen LogP contribution in [-0.4, -0.2) is 25.8 Å². The van der Waals surface area contributed by atoms with Crippen molar-refractivity contribution >= 4 is 0 Å². The zero-order valence-corrected chi connectivity index (χ0v) is 15.9. The molecule has 0 heterocycles. The Morgan fingerprint density at radius 1 is 0.500 bits per heavy atom. The molecule has 134 valence electrons. The van der Waals surface area contributed by atoms with Gasteiger partial charge in [-0.25, -0.2) is 0 Å². The highest BCUT2D eigenvalue weighted by molar-refractivity contribution is 4.49. The SMILES string of the molecule is CCCCCCCCCCCCCCCCCCON(C)C. The van der Waals surface area contributed by atoms with Crippen LogP contribution >= 0.6 is 0 Å². The minimum Gasteiger partial charge on any atom is -0.300 e. The maximum absolute atomic E-state index is 5.39. The van der Waals surface area contributed by atoms with Gasteiger partial charge in [0, 0.05) is 14.1 Å². The van der Waals surface area contributed by atoms with E-state index in [4.69, 9.17) is 4.84 Å². The predicted octanol–water partition coefficient (Wildman–Crippen LogP) is 6.74. The fraction of sp³-hybridized carbons (Fsp3) is 1.00. The Labute approximate surface area is 141 Å². The molecule has 0 rings (SSSR count). The second-order valence-corrected chi connectivity index (χ2v) is 6.95. The van der Waals surface area contributed by atoms with Gasteiger partial charge in [0.2, 0.25) is 0 Å². The van der Waals surface area contributed by atoms with E-state index in [1.807, 2.05) is 14.1 Å². The van der Waals surface area contributed by atoms with Crippen LogP contribution in [-0.2, 0) is 4.84 Å². The summed E-state index contributed by atoms with van der Waals surface area (Å²) in [4.78, 5) is 5.39. The third kappa shape index (κ3) is 19.9. The van der Waals surface area contributed by atoms with E-state index in [-0.39, 0.29) is 0 Å². The number of hydrogen-bond acceptors (Lipinski definition) is 2. The van der Waals surface area contributed by atoms with E-state index in [9.17, 15) is 0 Å². The molecule has 0 aliphatic heterocycles. The van der Waals surface area contributed by atoms with Gasteiger partial charge < -0.3 is 0 Å². The minimum atomic E-state index is 0.880. The van der Waals surface area contributed by atoms with E-state index in [2.05, 4.69) is 6.92 Å². The normalized spacial score (nSPS) is 11.5. The second-order valence-electron chi connectivity index (χ2n) is 6.95.